The van der Waals surface area contributed by atoms with Gasteiger partial charge in [-0.3, -0.25) is 4.57 Å². The summed E-state index contributed by atoms with van der Waals surface area (Å²) in [7, 11) is 0. The molecule has 2 aliphatic heterocycles. The monoisotopic (exact) mass is 659 g/mol. The highest BCUT2D eigenvalue weighted by Crippen LogP contribution is 2.45. The molecule has 0 fully saturated rings. The Morgan fingerprint density at radius 1 is 0.608 bits per heavy atom. The molecule has 0 spiro atoms. The smallest absolute Gasteiger partial charge is 0.224 e. The minimum Gasteiger partial charge on any atom is -0.465 e. The molecule has 3 unspecified atom stereocenters. The molecule has 0 saturated carbocycles. The highest BCUT2D eigenvalue weighted by Gasteiger charge is 2.40. The zero-order valence-electron chi connectivity index (χ0n) is 27.3. The van der Waals surface area contributed by atoms with Crippen molar-refractivity contribution in [3.8, 4) is 0 Å². The second-order valence-electron chi connectivity index (χ2n) is 13.1. The van der Waals surface area contributed by atoms with Gasteiger partial charge >= 0.3 is 0 Å². The molecule has 3 aliphatic rings. The molecule has 7 nitrogen and oxygen atoms in total. The van der Waals surface area contributed by atoms with Crippen LogP contribution in [0.25, 0.3) is 49.7 Å². The third-order valence-corrected chi connectivity index (χ3v) is 10.2. The summed E-state index contributed by atoms with van der Waals surface area (Å²) in [5.41, 5.74) is 7.57. The van der Waals surface area contributed by atoms with Gasteiger partial charge in [0.15, 0.2) is 6.10 Å². The molecule has 1 aliphatic carbocycles. The minimum absolute atomic E-state index is 0.183. The molecule has 2 aromatic heterocycles. The summed E-state index contributed by atoms with van der Waals surface area (Å²) in [6, 6.07) is 47.6. The molecule has 7 heteroatoms. The van der Waals surface area contributed by atoms with Crippen LogP contribution in [0.3, 0.4) is 0 Å². The lowest BCUT2D eigenvalue weighted by molar-refractivity contribution is 0.196. The lowest BCUT2D eigenvalue weighted by Gasteiger charge is -2.28. The van der Waals surface area contributed by atoms with Crippen molar-refractivity contribution >= 4 is 67.3 Å². The Bertz CT molecular complexity index is 2830. The predicted octanol–water partition coefficient (Wildman–Crippen LogP) is 9.56. The number of ether oxygens (including phenoxy) is 1. The molecule has 0 radical (unpaired) electrons. The molecule has 0 bridgehead atoms. The Labute approximate surface area is 292 Å². The van der Waals surface area contributed by atoms with Crippen LogP contribution in [-0.2, 0) is 4.74 Å². The van der Waals surface area contributed by atoms with Crippen LogP contribution >= 0.6 is 0 Å². The van der Waals surface area contributed by atoms with Crippen LogP contribution in [0.15, 0.2) is 165 Å². The van der Waals surface area contributed by atoms with Gasteiger partial charge in [0, 0.05) is 32.8 Å². The first kappa shape index (κ1) is 28.1. The number of amidine groups is 2. The van der Waals surface area contributed by atoms with Gasteiger partial charge in [0.1, 0.15) is 28.9 Å². The summed E-state index contributed by atoms with van der Waals surface area (Å²) in [4.78, 5) is 15.8. The standard InChI is InChI=1S/C44H29N5O2/c1-3-12-26(13-4-1)41-46-42(33-20-11-19-32-30-18-9-10-21-37(30)50-39(32)33)48-44(47-41)49-36-25-29-17-8-7-16-28(29)24-34(36)31-22-23-35-40(38(31)49)51-43(45-35)27-14-5-2-6-15-27/h1-25,35,40,44H,(H,46,47,48). The van der Waals surface area contributed by atoms with Crippen LogP contribution in [0.2, 0.25) is 0 Å². The van der Waals surface area contributed by atoms with Crippen molar-refractivity contribution in [1.82, 2.24) is 9.88 Å². The molecule has 51 heavy (non-hydrogen) atoms. The summed E-state index contributed by atoms with van der Waals surface area (Å²) in [6.07, 6.45) is 3.37. The number of hydrogen-bond donors (Lipinski definition) is 1. The number of fused-ring (bicyclic) bond motifs is 9. The van der Waals surface area contributed by atoms with E-state index in [1.807, 2.05) is 66.7 Å². The third-order valence-electron chi connectivity index (χ3n) is 10.2. The highest BCUT2D eigenvalue weighted by molar-refractivity contribution is 6.21. The normalized spacial score (nSPS) is 19.4. The van der Waals surface area contributed by atoms with Crippen molar-refractivity contribution in [2.24, 2.45) is 15.0 Å². The van der Waals surface area contributed by atoms with Gasteiger partial charge in [-0.05, 0) is 47.2 Å². The van der Waals surface area contributed by atoms with Crippen molar-refractivity contribution in [2.75, 3.05) is 0 Å². The molecule has 242 valence electrons. The summed E-state index contributed by atoms with van der Waals surface area (Å²) in [6.45, 7) is 0. The first-order valence-corrected chi connectivity index (χ1v) is 17.2. The van der Waals surface area contributed by atoms with Crippen molar-refractivity contribution in [3.63, 3.8) is 0 Å². The number of benzene rings is 6. The van der Waals surface area contributed by atoms with E-state index in [0.717, 1.165) is 72.0 Å². The largest absolute Gasteiger partial charge is 0.465 e. The molecule has 11 rings (SSSR count). The molecule has 3 atom stereocenters. The van der Waals surface area contributed by atoms with E-state index in [-0.39, 0.29) is 12.1 Å². The maximum atomic E-state index is 6.80. The summed E-state index contributed by atoms with van der Waals surface area (Å²) in [5.74, 6) is 2.06. The van der Waals surface area contributed by atoms with Crippen molar-refractivity contribution in [1.29, 1.82) is 0 Å². The maximum absolute atomic E-state index is 6.80. The molecule has 1 N–H and O–H groups in total. The average molecular weight is 660 g/mol. The van der Waals surface area contributed by atoms with E-state index in [0.29, 0.717) is 11.7 Å². The number of rotatable bonds is 4. The molecule has 0 saturated heterocycles. The van der Waals surface area contributed by atoms with Gasteiger partial charge < -0.3 is 14.5 Å². The van der Waals surface area contributed by atoms with Crippen LogP contribution < -0.4 is 5.32 Å². The van der Waals surface area contributed by atoms with Gasteiger partial charge in [0.25, 0.3) is 0 Å². The van der Waals surface area contributed by atoms with Crippen molar-refractivity contribution in [3.05, 3.63) is 174 Å². The SMILES string of the molecule is C1=CC2N=C(c3ccccc3)OC2c2c1c1cc3ccccc3cc1n2C1N=C(c2ccccc2)NC(c2cccc3c2oc2ccccc23)=N1. The van der Waals surface area contributed by atoms with E-state index < -0.39 is 6.29 Å². The third kappa shape index (κ3) is 4.34. The Balaban J connectivity index is 1.16. The first-order chi connectivity index (χ1) is 25.3. The number of nitrogens with one attached hydrogen (secondary N) is 1. The lowest BCUT2D eigenvalue weighted by Crippen LogP contribution is -2.37. The number of aliphatic imine (C=N–C) groups is 3. The fourth-order valence-electron chi connectivity index (χ4n) is 7.82. The first-order valence-electron chi connectivity index (χ1n) is 17.2. The van der Waals surface area contributed by atoms with Crippen LogP contribution in [-0.4, -0.2) is 28.2 Å². The fourth-order valence-corrected chi connectivity index (χ4v) is 7.82. The molecule has 8 aromatic rings. The van der Waals surface area contributed by atoms with Crippen molar-refractivity contribution < 1.29 is 9.15 Å². The van der Waals surface area contributed by atoms with E-state index in [4.69, 9.17) is 24.1 Å². The van der Waals surface area contributed by atoms with E-state index in [2.05, 4.69) is 94.8 Å². The van der Waals surface area contributed by atoms with Gasteiger partial charge in [-0.2, -0.15) is 0 Å². The average Bonchev–Trinajstić information content (AvgIpc) is 3.89. The van der Waals surface area contributed by atoms with E-state index >= 15 is 0 Å². The van der Waals surface area contributed by atoms with Crippen molar-refractivity contribution in [2.45, 2.75) is 18.4 Å². The number of hydrogen-bond acceptors (Lipinski definition) is 6. The molecular formula is C44H29N5O2. The molecule has 0 amide bonds. The fraction of sp³-hybridized carbons (Fsp3) is 0.0682. The van der Waals surface area contributed by atoms with Gasteiger partial charge in [-0.15, -0.1) is 0 Å². The molecule has 4 heterocycles. The molecule has 6 aromatic carbocycles. The minimum atomic E-state index is -0.653. The Morgan fingerprint density at radius 3 is 2.16 bits per heavy atom. The number of para-hydroxylation sites is 2. The van der Waals surface area contributed by atoms with Gasteiger partial charge in [0.2, 0.25) is 12.2 Å². The van der Waals surface area contributed by atoms with Gasteiger partial charge in [-0.25, -0.2) is 15.0 Å². The number of furan rings is 1. The van der Waals surface area contributed by atoms with Crippen LogP contribution in [0.4, 0.5) is 0 Å². The zero-order chi connectivity index (χ0) is 33.5. The summed E-state index contributed by atoms with van der Waals surface area (Å²) < 4.78 is 15.6. The van der Waals surface area contributed by atoms with Crippen LogP contribution in [0.5, 0.6) is 0 Å². The Kier molecular flexibility index (Phi) is 6.01. The summed E-state index contributed by atoms with van der Waals surface area (Å²) in [5, 5.41) is 9.17. The second-order valence-corrected chi connectivity index (χ2v) is 13.1. The van der Waals surface area contributed by atoms with Gasteiger partial charge in [0.05, 0.1) is 16.8 Å². The molecular weight excluding hydrogens is 631 g/mol. The predicted molar refractivity (Wildman–Crippen MR) is 204 cm³/mol. The lowest BCUT2D eigenvalue weighted by atomic mass is 9.96. The van der Waals surface area contributed by atoms with Crippen LogP contribution in [0, 0.1) is 0 Å². The number of nitrogens with zero attached hydrogens (tertiary/aromatic N) is 4. The second kappa shape index (κ2) is 10.9. The van der Waals surface area contributed by atoms with Gasteiger partial charge in [-0.1, -0.05) is 115 Å². The van der Waals surface area contributed by atoms with E-state index in [9.17, 15) is 0 Å². The van der Waals surface area contributed by atoms with E-state index in [1.165, 1.54) is 5.39 Å². The van der Waals surface area contributed by atoms with Crippen LogP contribution in [0.1, 0.15) is 40.3 Å². The van der Waals surface area contributed by atoms with E-state index in [1.54, 1.807) is 0 Å². The Morgan fingerprint density at radius 2 is 1.31 bits per heavy atom. The topological polar surface area (TPSA) is 76.4 Å². The maximum Gasteiger partial charge on any atom is 0.224 e. The Hall–Kier alpha value is -6.73. The number of aromatic nitrogens is 1. The quantitative estimate of drug-likeness (QED) is 0.204. The highest BCUT2D eigenvalue weighted by atomic mass is 16.5. The zero-order valence-corrected chi connectivity index (χ0v) is 27.3. The summed E-state index contributed by atoms with van der Waals surface area (Å²) >= 11 is 0.